The lowest BCUT2D eigenvalue weighted by atomic mass is 9.46. The van der Waals surface area contributed by atoms with Crippen molar-refractivity contribution in [3.8, 4) is 0 Å². The highest BCUT2D eigenvalue weighted by molar-refractivity contribution is 6.01. The van der Waals surface area contributed by atoms with Crippen molar-refractivity contribution in [3.05, 3.63) is 23.8 Å². The molecule has 1 heterocycles. The molecule has 4 aliphatic carbocycles. The summed E-state index contributed by atoms with van der Waals surface area (Å²) in [5, 5.41) is 22.1. The number of carbonyl (C=O) groups is 2. The van der Waals surface area contributed by atoms with Crippen molar-refractivity contribution in [2.45, 2.75) is 83.2 Å². The minimum atomic E-state index is -3.61. The Hall–Kier alpha value is -1.50. The van der Waals surface area contributed by atoms with Crippen molar-refractivity contribution in [2.75, 3.05) is 0 Å². The minimum Gasteiger partial charge on any atom is -0.479 e. The van der Waals surface area contributed by atoms with Crippen molar-refractivity contribution in [2.24, 2.45) is 28.6 Å². The zero-order chi connectivity index (χ0) is 28.5. The van der Waals surface area contributed by atoms with E-state index in [0.29, 0.717) is 12.8 Å². The second-order valence-corrected chi connectivity index (χ2v) is 9.73. The van der Waals surface area contributed by atoms with Crippen LogP contribution in [0.4, 0.5) is 0 Å². The van der Waals surface area contributed by atoms with Crippen LogP contribution in [-0.4, -0.2) is 46.0 Å². The van der Waals surface area contributed by atoms with Gasteiger partial charge in [-0.05, 0) is 56.0 Å². The monoisotopic (exact) mass is 424 g/mol. The van der Waals surface area contributed by atoms with Crippen LogP contribution in [0.2, 0.25) is 0 Å². The van der Waals surface area contributed by atoms with E-state index in [4.69, 9.17) is 20.4 Å². The first-order valence-electron chi connectivity index (χ1n) is 14.4. The van der Waals surface area contributed by atoms with Crippen LogP contribution < -0.4 is 0 Å². The van der Waals surface area contributed by atoms with Gasteiger partial charge < -0.3 is 19.7 Å². The number of allylic oxidation sites excluding steroid dienone is 4. The first-order chi connectivity index (χ1) is 17.2. The third-order valence-corrected chi connectivity index (χ3v) is 8.64. The number of fused-ring (bicyclic) bond motifs is 7. The fraction of sp³-hybridized carbons (Fsp3) is 0.750. The normalized spacial score (nSPS) is 59.4. The zero-order valence-electron chi connectivity index (χ0n) is 25.0. The number of ketones is 1. The molecule has 164 valence electrons. The molecule has 0 radical (unpaired) electrons. The van der Waals surface area contributed by atoms with Gasteiger partial charge in [-0.2, -0.15) is 0 Å². The van der Waals surface area contributed by atoms with Crippen LogP contribution in [0.3, 0.4) is 0 Å². The Morgan fingerprint density at radius 3 is 3.00 bits per heavy atom. The zero-order valence-corrected chi connectivity index (χ0v) is 17.0. The maximum Gasteiger partial charge on any atom is 0.339 e. The number of hydrogen-bond acceptors (Lipinski definition) is 5. The van der Waals surface area contributed by atoms with E-state index in [2.05, 4.69) is 0 Å². The third-order valence-electron chi connectivity index (χ3n) is 8.64. The average Bonchev–Trinajstić information content (AvgIpc) is 3.22. The Morgan fingerprint density at radius 2 is 2.27 bits per heavy atom. The van der Waals surface area contributed by atoms with Gasteiger partial charge in [-0.3, -0.25) is 4.79 Å². The van der Waals surface area contributed by atoms with Crippen LogP contribution in [0, 0.1) is 28.6 Å². The Morgan fingerprint density at radius 1 is 1.47 bits per heavy atom. The number of carboxylic acid groups (broad SMARTS) is 1. The van der Waals surface area contributed by atoms with E-state index >= 15 is 0 Å². The molecule has 0 spiro atoms. The Kier molecular flexibility index (Phi) is 2.85. The minimum absolute atomic E-state index is 0.0436. The number of aliphatic hydroxyl groups is 1. The summed E-state index contributed by atoms with van der Waals surface area (Å²) < 4.78 is 75.1. The number of aliphatic hydroxyl groups excluding tert-OH is 1. The van der Waals surface area contributed by atoms with E-state index in [9.17, 15) is 19.8 Å². The molecule has 0 aromatic carbocycles. The van der Waals surface area contributed by atoms with E-state index < -0.39 is 60.5 Å². The van der Waals surface area contributed by atoms with Crippen molar-refractivity contribution in [1.82, 2.24) is 0 Å². The lowest BCUT2D eigenvalue weighted by Gasteiger charge is -2.59. The SMILES string of the molecule is [2H]C([2H])([2H])C([2H])([2H])C([2H])([2H])C1([2H])O[C@@H]2C[C@H]3[C@@H]4CCC5=CC(=O)C=C[C@]5(C)[C@H]4[C@@H](O)C[C@]3(C)C2(C(=O)O)O1. The summed E-state index contributed by atoms with van der Waals surface area (Å²) in [5.74, 6) is -2.57. The first-order valence-corrected chi connectivity index (χ1v) is 10.4. The molecule has 2 N–H and O–H groups in total. The van der Waals surface area contributed by atoms with Gasteiger partial charge in [0.25, 0.3) is 0 Å². The summed E-state index contributed by atoms with van der Waals surface area (Å²) in [5.41, 5.74) is -3.36. The van der Waals surface area contributed by atoms with Gasteiger partial charge in [-0.15, -0.1) is 0 Å². The third kappa shape index (κ3) is 2.36. The standard InChI is InChI=1S/C24H32O6/c1-4-5-19-29-18-11-16-15-7-6-13-10-14(25)8-9-22(13,2)20(15)17(26)12-23(16,3)24(18,30-19)21(27)28/h8-10,15-20,26H,4-7,11-12H2,1-3H3,(H,27,28)/t15-,16-,17-,18+,19?,20+,22-,23-,24?/m0/s1/i1D3,4D2,5D2,19D. The van der Waals surface area contributed by atoms with Crippen LogP contribution in [0.25, 0.3) is 0 Å². The summed E-state index contributed by atoms with van der Waals surface area (Å²) >= 11 is 0. The average molecular weight is 425 g/mol. The van der Waals surface area contributed by atoms with Crippen molar-refractivity contribution < 1.29 is 40.2 Å². The second-order valence-electron chi connectivity index (χ2n) is 9.73. The van der Waals surface area contributed by atoms with Gasteiger partial charge >= 0.3 is 5.97 Å². The van der Waals surface area contributed by atoms with Crippen LogP contribution in [0.5, 0.6) is 0 Å². The summed E-state index contributed by atoms with van der Waals surface area (Å²) in [4.78, 5) is 25.0. The van der Waals surface area contributed by atoms with E-state index in [1.54, 1.807) is 13.0 Å². The molecule has 5 aliphatic rings. The number of ether oxygens (including phenoxy) is 2. The van der Waals surface area contributed by atoms with Gasteiger partial charge in [0.1, 0.15) is 6.10 Å². The second kappa shape index (κ2) is 6.50. The van der Waals surface area contributed by atoms with Gasteiger partial charge in [0.2, 0.25) is 0 Å². The molecule has 5 rings (SSSR count). The van der Waals surface area contributed by atoms with E-state index in [1.165, 1.54) is 6.08 Å². The van der Waals surface area contributed by atoms with Crippen molar-refractivity contribution in [3.63, 3.8) is 0 Å². The highest BCUT2D eigenvalue weighted by Crippen LogP contribution is 2.69. The molecular weight excluding hydrogens is 384 g/mol. The van der Waals surface area contributed by atoms with Gasteiger partial charge in [0, 0.05) is 26.3 Å². The highest BCUT2D eigenvalue weighted by Gasteiger charge is 2.76. The topological polar surface area (TPSA) is 93.1 Å². The number of rotatable bonds is 3. The summed E-state index contributed by atoms with van der Waals surface area (Å²) in [6, 6.07) is 0. The predicted molar refractivity (Wildman–Crippen MR) is 108 cm³/mol. The smallest absolute Gasteiger partial charge is 0.339 e. The molecule has 9 atom stereocenters. The predicted octanol–water partition coefficient (Wildman–Crippen LogP) is 3.24. The molecule has 30 heavy (non-hydrogen) atoms. The molecule has 1 aliphatic heterocycles. The van der Waals surface area contributed by atoms with Crippen LogP contribution >= 0.6 is 0 Å². The molecule has 0 bridgehead atoms. The molecule has 6 heteroatoms. The van der Waals surface area contributed by atoms with Crippen LogP contribution in [0.1, 0.15) is 70.1 Å². The Balaban J connectivity index is 1.56. The summed E-state index contributed by atoms with van der Waals surface area (Å²) in [6.07, 6.45) is -6.88. The lowest BCUT2D eigenvalue weighted by molar-refractivity contribution is -0.210. The van der Waals surface area contributed by atoms with E-state index in [0.717, 1.165) is 5.57 Å². The number of carboxylic acids is 1. The fourth-order valence-corrected chi connectivity index (χ4v) is 7.44. The fourth-order valence-electron chi connectivity index (χ4n) is 7.44. The molecule has 1 saturated heterocycles. The number of hydrogen-bond donors (Lipinski definition) is 2. The molecule has 6 nitrogen and oxygen atoms in total. The van der Waals surface area contributed by atoms with Crippen molar-refractivity contribution >= 4 is 11.8 Å². The van der Waals surface area contributed by atoms with Crippen LogP contribution in [0.15, 0.2) is 23.8 Å². The maximum atomic E-state index is 13.0. The number of carbonyl (C=O) groups excluding carboxylic acids is 1. The molecule has 4 fully saturated rings. The van der Waals surface area contributed by atoms with Gasteiger partial charge in [0.15, 0.2) is 17.7 Å². The van der Waals surface area contributed by atoms with E-state index in [-0.39, 0.29) is 36.4 Å². The van der Waals surface area contributed by atoms with Crippen LogP contribution in [-0.2, 0) is 19.1 Å². The maximum absolute atomic E-state index is 13.0. The van der Waals surface area contributed by atoms with Gasteiger partial charge in [-0.25, -0.2) is 4.79 Å². The largest absolute Gasteiger partial charge is 0.479 e. The molecule has 0 amide bonds. The molecular formula is C24H32O6. The van der Waals surface area contributed by atoms with Gasteiger partial charge in [0.05, 0.1) is 7.47 Å². The van der Waals surface area contributed by atoms with Crippen molar-refractivity contribution in [1.29, 1.82) is 0 Å². The Bertz CT molecular complexity index is 1150. The molecule has 0 aromatic heterocycles. The first kappa shape index (κ1) is 13.1. The summed E-state index contributed by atoms with van der Waals surface area (Å²) in [6.45, 7) is 0.0758. The number of aliphatic carboxylic acids is 1. The Labute approximate surface area is 188 Å². The highest BCUT2D eigenvalue weighted by atomic mass is 16.7. The quantitative estimate of drug-likeness (QED) is 0.722. The summed E-state index contributed by atoms with van der Waals surface area (Å²) in [7, 11) is 0. The molecule has 3 saturated carbocycles. The molecule has 0 aromatic rings. The molecule has 2 unspecified atom stereocenters. The van der Waals surface area contributed by atoms with E-state index in [1.807, 2.05) is 13.0 Å². The lowest BCUT2D eigenvalue weighted by Crippen LogP contribution is -2.63. The van der Waals surface area contributed by atoms with Gasteiger partial charge in [-0.1, -0.05) is 38.7 Å².